The molecule has 5 heteroatoms. The SMILES string of the molecule is C/C(CN(C[C@H]1Cc2ccccc2CN1)[C@H]1CCCc2cccnc21)=C(/F)CN. The highest BCUT2D eigenvalue weighted by atomic mass is 19.1. The number of hydrogen-bond donors (Lipinski definition) is 2. The molecular weight excluding hydrogens is 363 g/mol. The highest BCUT2D eigenvalue weighted by Gasteiger charge is 2.30. The Kier molecular flexibility index (Phi) is 6.38. The van der Waals surface area contributed by atoms with Gasteiger partial charge in [-0.1, -0.05) is 30.3 Å². The van der Waals surface area contributed by atoms with Crippen molar-refractivity contribution in [2.75, 3.05) is 19.6 Å². The average Bonchev–Trinajstić information content (AvgIpc) is 2.77. The first kappa shape index (κ1) is 20.2. The highest BCUT2D eigenvalue weighted by molar-refractivity contribution is 5.30. The van der Waals surface area contributed by atoms with Gasteiger partial charge in [0.25, 0.3) is 0 Å². The van der Waals surface area contributed by atoms with Gasteiger partial charge in [0.2, 0.25) is 0 Å². The van der Waals surface area contributed by atoms with Gasteiger partial charge >= 0.3 is 0 Å². The van der Waals surface area contributed by atoms with Gasteiger partial charge in [0, 0.05) is 38.4 Å². The minimum atomic E-state index is -0.200. The van der Waals surface area contributed by atoms with Crippen molar-refractivity contribution in [3.8, 4) is 0 Å². The van der Waals surface area contributed by atoms with Crippen LogP contribution in [0.5, 0.6) is 0 Å². The number of aromatic nitrogens is 1. The summed E-state index contributed by atoms with van der Waals surface area (Å²) in [5, 5.41) is 3.69. The van der Waals surface area contributed by atoms with Crippen LogP contribution in [-0.2, 0) is 19.4 Å². The van der Waals surface area contributed by atoms with Crippen LogP contribution in [-0.4, -0.2) is 35.6 Å². The molecule has 0 amide bonds. The molecule has 0 spiro atoms. The molecule has 2 atom stereocenters. The maximum atomic E-state index is 14.2. The van der Waals surface area contributed by atoms with Crippen LogP contribution in [0.15, 0.2) is 54.0 Å². The third-order valence-electron chi connectivity index (χ3n) is 6.31. The Balaban J connectivity index is 1.58. The average molecular weight is 395 g/mol. The predicted octanol–water partition coefficient (Wildman–Crippen LogP) is 3.68. The quantitative estimate of drug-likeness (QED) is 0.785. The van der Waals surface area contributed by atoms with E-state index in [4.69, 9.17) is 10.7 Å². The predicted molar refractivity (Wildman–Crippen MR) is 115 cm³/mol. The van der Waals surface area contributed by atoms with Crippen LogP contribution in [0.3, 0.4) is 0 Å². The maximum absolute atomic E-state index is 14.2. The second kappa shape index (κ2) is 9.16. The van der Waals surface area contributed by atoms with E-state index < -0.39 is 0 Å². The Bertz CT molecular complexity index is 879. The van der Waals surface area contributed by atoms with Crippen LogP contribution < -0.4 is 11.1 Å². The van der Waals surface area contributed by atoms with Crippen molar-refractivity contribution in [2.45, 2.75) is 51.2 Å². The van der Waals surface area contributed by atoms with Crippen molar-refractivity contribution in [1.29, 1.82) is 0 Å². The summed E-state index contributed by atoms with van der Waals surface area (Å²) in [4.78, 5) is 7.14. The first-order valence-corrected chi connectivity index (χ1v) is 10.7. The Morgan fingerprint density at radius 2 is 2.00 bits per heavy atom. The topological polar surface area (TPSA) is 54.2 Å². The zero-order valence-electron chi connectivity index (χ0n) is 17.2. The summed E-state index contributed by atoms with van der Waals surface area (Å²) in [5.74, 6) is -0.200. The van der Waals surface area contributed by atoms with Crippen LogP contribution in [0, 0.1) is 0 Å². The van der Waals surface area contributed by atoms with Crippen molar-refractivity contribution < 1.29 is 4.39 Å². The molecule has 0 unspecified atom stereocenters. The Labute approximate surface area is 173 Å². The van der Waals surface area contributed by atoms with Gasteiger partial charge in [0.05, 0.1) is 11.7 Å². The van der Waals surface area contributed by atoms with E-state index in [9.17, 15) is 4.39 Å². The molecule has 2 heterocycles. The number of aryl methyl sites for hydroxylation is 1. The van der Waals surface area contributed by atoms with E-state index in [0.29, 0.717) is 12.6 Å². The first-order valence-electron chi connectivity index (χ1n) is 10.7. The van der Waals surface area contributed by atoms with Crippen molar-refractivity contribution in [3.05, 3.63) is 76.4 Å². The van der Waals surface area contributed by atoms with Crippen molar-refractivity contribution >= 4 is 0 Å². The van der Waals surface area contributed by atoms with E-state index in [-0.39, 0.29) is 18.4 Å². The number of rotatable bonds is 6. The smallest absolute Gasteiger partial charge is 0.114 e. The van der Waals surface area contributed by atoms with Gasteiger partial charge in [-0.25, -0.2) is 4.39 Å². The van der Waals surface area contributed by atoms with E-state index in [1.54, 1.807) is 0 Å². The number of nitrogens with zero attached hydrogens (tertiary/aromatic N) is 2. The molecular formula is C24H31FN4. The molecule has 0 saturated carbocycles. The second-order valence-electron chi connectivity index (χ2n) is 8.33. The molecule has 2 aliphatic rings. The van der Waals surface area contributed by atoms with Gasteiger partial charge in [-0.2, -0.15) is 0 Å². The van der Waals surface area contributed by atoms with Gasteiger partial charge in [-0.3, -0.25) is 9.88 Å². The largest absolute Gasteiger partial charge is 0.325 e. The monoisotopic (exact) mass is 394 g/mol. The summed E-state index contributed by atoms with van der Waals surface area (Å²) in [5.41, 5.74) is 11.6. The van der Waals surface area contributed by atoms with E-state index in [1.165, 1.54) is 16.7 Å². The van der Waals surface area contributed by atoms with Gasteiger partial charge in [0.1, 0.15) is 5.83 Å². The molecule has 3 N–H and O–H groups in total. The third-order valence-corrected chi connectivity index (χ3v) is 6.31. The van der Waals surface area contributed by atoms with Gasteiger partial charge < -0.3 is 11.1 Å². The molecule has 29 heavy (non-hydrogen) atoms. The number of benzene rings is 1. The molecule has 1 aromatic carbocycles. The minimum absolute atomic E-state index is 0.0335. The molecule has 1 aliphatic carbocycles. The zero-order chi connectivity index (χ0) is 20.2. The maximum Gasteiger partial charge on any atom is 0.114 e. The summed E-state index contributed by atoms with van der Waals surface area (Å²) in [6, 6.07) is 13.4. The Morgan fingerprint density at radius 1 is 1.21 bits per heavy atom. The van der Waals surface area contributed by atoms with Crippen LogP contribution in [0.1, 0.15) is 48.2 Å². The molecule has 0 fully saturated rings. The van der Waals surface area contributed by atoms with Gasteiger partial charge in [-0.15, -0.1) is 0 Å². The summed E-state index contributed by atoms with van der Waals surface area (Å²) >= 11 is 0. The van der Waals surface area contributed by atoms with Crippen molar-refractivity contribution in [2.24, 2.45) is 5.73 Å². The number of nitrogens with one attached hydrogen (secondary N) is 1. The lowest BCUT2D eigenvalue weighted by atomic mass is 9.89. The van der Waals surface area contributed by atoms with Gasteiger partial charge in [0.15, 0.2) is 0 Å². The number of nitrogens with two attached hydrogens (primary N) is 1. The number of pyridine rings is 1. The van der Waals surface area contributed by atoms with Crippen LogP contribution in [0.4, 0.5) is 4.39 Å². The fourth-order valence-electron chi connectivity index (χ4n) is 4.74. The highest BCUT2D eigenvalue weighted by Crippen LogP contribution is 2.34. The van der Waals surface area contributed by atoms with E-state index in [1.807, 2.05) is 19.2 Å². The van der Waals surface area contributed by atoms with E-state index in [2.05, 4.69) is 40.5 Å². The summed E-state index contributed by atoms with van der Waals surface area (Å²) in [6.07, 6.45) is 6.16. The summed E-state index contributed by atoms with van der Waals surface area (Å²) < 4.78 is 14.2. The van der Waals surface area contributed by atoms with Crippen molar-refractivity contribution in [1.82, 2.24) is 15.2 Å². The molecule has 0 bridgehead atoms. The standard InChI is InChI=1S/C24H31FN4/c1-17(22(25)13-26)15-29(23-10-4-8-18-9-5-11-27-24(18)23)16-21-12-19-6-2-3-7-20(19)14-28-21/h2-3,5-7,9,11,21,23,28H,4,8,10,12-16,26H2,1H3/b22-17-/t21-,23+/m1/s1. The molecule has 154 valence electrons. The van der Waals surface area contributed by atoms with Crippen LogP contribution in [0.2, 0.25) is 0 Å². The lowest BCUT2D eigenvalue weighted by molar-refractivity contribution is 0.165. The molecule has 0 radical (unpaired) electrons. The van der Waals surface area contributed by atoms with Gasteiger partial charge in [-0.05, 0) is 60.9 Å². The fourth-order valence-corrected chi connectivity index (χ4v) is 4.74. The Morgan fingerprint density at radius 3 is 2.83 bits per heavy atom. The lowest BCUT2D eigenvalue weighted by Crippen LogP contribution is -2.47. The minimum Gasteiger partial charge on any atom is -0.325 e. The summed E-state index contributed by atoms with van der Waals surface area (Å²) in [7, 11) is 0. The normalized spacial score (nSPS) is 22.1. The molecule has 0 saturated heterocycles. The molecule has 2 aromatic rings. The molecule has 4 nitrogen and oxygen atoms in total. The van der Waals surface area contributed by atoms with Crippen LogP contribution in [0.25, 0.3) is 0 Å². The van der Waals surface area contributed by atoms with Crippen molar-refractivity contribution in [3.63, 3.8) is 0 Å². The molecule has 1 aliphatic heterocycles. The second-order valence-corrected chi connectivity index (χ2v) is 8.33. The van der Waals surface area contributed by atoms with E-state index in [0.717, 1.165) is 50.0 Å². The fraction of sp³-hybridized carbons (Fsp3) is 0.458. The number of hydrogen-bond acceptors (Lipinski definition) is 4. The number of fused-ring (bicyclic) bond motifs is 2. The van der Waals surface area contributed by atoms with Crippen LogP contribution >= 0.6 is 0 Å². The first-order chi connectivity index (χ1) is 14.2. The molecule has 4 rings (SSSR count). The van der Waals surface area contributed by atoms with E-state index >= 15 is 0 Å². The third kappa shape index (κ3) is 4.58. The summed E-state index contributed by atoms with van der Waals surface area (Å²) in [6.45, 7) is 4.17. The zero-order valence-corrected chi connectivity index (χ0v) is 17.2. The number of halogens is 1. The lowest BCUT2D eigenvalue weighted by Gasteiger charge is -2.38. The molecule has 1 aromatic heterocycles. The Hall–Kier alpha value is -2.08.